The molecule has 9 aliphatic rings. The molecule has 0 amide bonds. The summed E-state index contributed by atoms with van der Waals surface area (Å²) >= 11 is 0. The Hall–Kier alpha value is -6.00. The molecule has 2 aliphatic heterocycles. The summed E-state index contributed by atoms with van der Waals surface area (Å²) in [6.07, 6.45) is 37.1. The molecule has 0 N–H and O–H groups in total. The Balaban J connectivity index is 1.02. The number of rotatable bonds is 6. The number of benzene rings is 2. The molecule has 70 heavy (non-hydrogen) atoms. The number of nitrogens with zero attached hydrogens (tertiary/aromatic N) is 4. The van der Waals surface area contributed by atoms with Crippen molar-refractivity contribution in [3.05, 3.63) is 174 Å². The fourth-order valence-corrected chi connectivity index (χ4v) is 14.5. The highest BCUT2D eigenvalue weighted by molar-refractivity contribution is 6.20. The van der Waals surface area contributed by atoms with Gasteiger partial charge in [0.2, 0.25) is 0 Å². The summed E-state index contributed by atoms with van der Waals surface area (Å²) < 4.78 is 2.69. The van der Waals surface area contributed by atoms with E-state index in [4.69, 9.17) is 0 Å². The molecule has 8 unspecified atom stereocenters. The summed E-state index contributed by atoms with van der Waals surface area (Å²) in [6, 6.07) is 10.9. The van der Waals surface area contributed by atoms with Gasteiger partial charge < -0.3 is 19.1 Å². The van der Waals surface area contributed by atoms with Crippen LogP contribution in [0.4, 0.5) is 11.4 Å². The summed E-state index contributed by atoms with van der Waals surface area (Å²) in [5.41, 5.74) is 27.1. The van der Waals surface area contributed by atoms with Crippen molar-refractivity contribution >= 4 is 56.3 Å². The molecule has 2 aromatic carbocycles. The minimum Gasteiger partial charge on any atom is -0.337 e. The fraction of sp³-hybridized carbons (Fsp3) is 0.394. The molecule has 8 atom stereocenters. The maximum Gasteiger partial charge on any atom is 0.0722 e. The van der Waals surface area contributed by atoms with Gasteiger partial charge >= 0.3 is 0 Å². The second kappa shape index (κ2) is 15.8. The zero-order valence-electron chi connectivity index (χ0n) is 43.9. The molecular weight excluding hydrogens is 849 g/mol. The quantitative estimate of drug-likeness (QED) is 0.191. The van der Waals surface area contributed by atoms with E-state index in [0.29, 0.717) is 23.7 Å². The highest BCUT2D eigenvalue weighted by atomic mass is 15.3. The Morgan fingerprint density at radius 3 is 1.87 bits per heavy atom. The van der Waals surface area contributed by atoms with Crippen molar-refractivity contribution in [1.82, 2.24) is 9.30 Å². The molecule has 4 aromatic rings. The number of fused-ring (bicyclic) bond motifs is 12. The third-order valence-corrected chi connectivity index (χ3v) is 19.4. The molecule has 4 heterocycles. The molecule has 356 valence electrons. The molecule has 4 heteroatoms. The van der Waals surface area contributed by atoms with Crippen molar-refractivity contribution in [2.75, 3.05) is 9.80 Å². The van der Waals surface area contributed by atoms with Gasteiger partial charge in [0.15, 0.2) is 0 Å². The van der Waals surface area contributed by atoms with E-state index in [-0.39, 0.29) is 24.0 Å². The van der Waals surface area contributed by atoms with Crippen molar-refractivity contribution in [3.63, 3.8) is 0 Å². The predicted molar refractivity (Wildman–Crippen MR) is 298 cm³/mol. The van der Waals surface area contributed by atoms with Gasteiger partial charge in [0, 0.05) is 55.1 Å². The van der Waals surface area contributed by atoms with E-state index in [9.17, 15) is 0 Å². The minimum absolute atomic E-state index is 0.223. The summed E-state index contributed by atoms with van der Waals surface area (Å²) in [7, 11) is 0. The Kier molecular flexibility index (Phi) is 9.90. The van der Waals surface area contributed by atoms with Crippen molar-refractivity contribution in [3.8, 4) is 0 Å². The molecule has 2 aromatic heterocycles. The molecule has 0 bridgehead atoms. The minimum atomic E-state index is 0.223. The largest absolute Gasteiger partial charge is 0.337 e. The van der Waals surface area contributed by atoms with Gasteiger partial charge in [-0.05, 0) is 176 Å². The number of aromatic nitrogens is 1. The van der Waals surface area contributed by atoms with E-state index in [1.807, 2.05) is 0 Å². The van der Waals surface area contributed by atoms with Crippen molar-refractivity contribution in [2.45, 2.75) is 140 Å². The van der Waals surface area contributed by atoms with Gasteiger partial charge in [-0.1, -0.05) is 122 Å². The fourth-order valence-electron chi connectivity index (χ4n) is 14.5. The van der Waals surface area contributed by atoms with Gasteiger partial charge in [0.1, 0.15) is 0 Å². The summed E-state index contributed by atoms with van der Waals surface area (Å²) in [5.74, 6) is 2.26. The van der Waals surface area contributed by atoms with Gasteiger partial charge in [0.05, 0.1) is 46.5 Å². The smallest absolute Gasteiger partial charge is 0.0722 e. The third-order valence-electron chi connectivity index (χ3n) is 19.4. The highest BCUT2D eigenvalue weighted by Crippen LogP contribution is 2.60. The summed E-state index contributed by atoms with van der Waals surface area (Å²) in [4.78, 5) is 8.32. The van der Waals surface area contributed by atoms with Gasteiger partial charge in [-0.2, -0.15) is 0 Å². The summed E-state index contributed by atoms with van der Waals surface area (Å²) in [5, 5.41) is 6.93. The molecule has 7 aliphatic carbocycles. The first-order valence-electron chi connectivity index (χ1n) is 27.0. The van der Waals surface area contributed by atoms with E-state index in [1.165, 1.54) is 133 Å². The summed E-state index contributed by atoms with van der Waals surface area (Å²) in [6.45, 7) is 28.3. The first-order chi connectivity index (χ1) is 33.7. The Morgan fingerprint density at radius 1 is 0.600 bits per heavy atom. The van der Waals surface area contributed by atoms with E-state index in [1.54, 1.807) is 0 Å². The monoisotopic (exact) mass is 921 g/mol. The molecule has 1 saturated heterocycles. The van der Waals surface area contributed by atoms with Gasteiger partial charge in [0.25, 0.3) is 0 Å². The molecule has 1 fully saturated rings. The molecule has 0 spiro atoms. The average Bonchev–Trinajstić information content (AvgIpc) is 4.07. The van der Waals surface area contributed by atoms with Crippen molar-refractivity contribution in [2.24, 2.45) is 29.6 Å². The molecular formula is C66H72N4. The first-order valence-corrected chi connectivity index (χ1v) is 27.0. The average molecular weight is 921 g/mol. The van der Waals surface area contributed by atoms with Gasteiger partial charge in [-0.3, -0.25) is 0 Å². The van der Waals surface area contributed by atoms with Crippen LogP contribution in [0, 0.1) is 29.6 Å². The molecule has 13 rings (SSSR count). The standard InChI is InChI=1S/C66H72N4/c1-35-25-47(26-36(2)43(35)9)67(48-27-37(3)44(10)38(4)28-48)59-23-21-51-55-33-62-56(34-61(55)69-57-19-15-13-17-53(57)63(59)65(51)69)52-22-24-60(64-54-18-14-16-20-58(54)70(62)66(52)64)68(49-29-39(5)45(11)40(6)30-49)50-31-41(7)46(12)42(8)32-50/h17-27,29-31,33-35,39,43,45,48,50,63,65H,13-16,28,32H2,1-12H3. The zero-order chi connectivity index (χ0) is 48.3. The topological polar surface area (TPSA) is 14.1 Å². The second-order valence-corrected chi connectivity index (χ2v) is 23.2. The van der Waals surface area contributed by atoms with Crippen LogP contribution < -0.4 is 20.4 Å². The Bertz CT molecular complexity index is 3570. The number of anilines is 2. The zero-order valence-corrected chi connectivity index (χ0v) is 43.9. The van der Waals surface area contributed by atoms with E-state index >= 15 is 0 Å². The van der Waals surface area contributed by atoms with Gasteiger partial charge in [-0.25, -0.2) is 0 Å². The van der Waals surface area contributed by atoms with Crippen LogP contribution in [0.5, 0.6) is 0 Å². The van der Waals surface area contributed by atoms with Crippen LogP contribution in [0.3, 0.4) is 0 Å². The second-order valence-electron chi connectivity index (χ2n) is 23.2. The molecule has 0 radical (unpaired) electrons. The lowest BCUT2D eigenvalue weighted by molar-refractivity contribution is 0.321. The lowest BCUT2D eigenvalue weighted by Gasteiger charge is -2.43. The Morgan fingerprint density at radius 2 is 1.21 bits per heavy atom. The lowest BCUT2D eigenvalue weighted by atomic mass is 9.78. The maximum absolute atomic E-state index is 2.79. The number of hydrogen-bond donors (Lipinski definition) is 0. The molecule has 0 saturated carbocycles. The Labute approximate surface area is 416 Å². The van der Waals surface area contributed by atoms with Crippen LogP contribution in [-0.4, -0.2) is 27.4 Å². The molecule has 4 nitrogen and oxygen atoms in total. The lowest BCUT2D eigenvalue weighted by Crippen LogP contribution is -2.41. The highest BCUT2D eigenvalue weighted by Gasteiger charge is 2.53. The van der Waals surface area contributed by atoms with Crippen molar-refractivity contribution in [1.29, 1.82) is 0 Å². The van der Waals surface area contributed by atoms with Crippen LogP contribution in [0.2, 0.25) is 0 Å². The van der Waals surface area contributed by atoms with Crippen LogP contribution in [0.1, 0.15) is 127 Å². The van der Waals surface area contributed by atoms with Crippen LogP contribution in [-0.2, 0) is 0 Å². The SMILES string of the molecule is CC1=CC(N(C2=CC(C)C(C)C(C)=C2)C2=CC=C3c4cc5c(cc4N4C6=CCCC=C6C2C34)c2ccc(N(C3=CC(C)C(C)C(C)=C3)C3C=C(C)C(C)=C(C)C3)c3c4c(n5c32)=CCCC=4)CC(C)=C1C. The van der Waals surface area contributed by atoms with Gasteiger partial charge in [-0.15, -0.1) is 0 Å². The van der Waals surface area contributed by atoms with Crippen LogP contribution >= 0.6 is 0 Å². The van der Waals surface area contributed by atoms with E-state index in [0.717, 1.165) is 38.5 Å². The number of hydrogen-bond acceptors (Lipinski definition) is 3. The van der Waals surface area contributed by atoms with Crippen LogP contribution in [0.25, 0.3) is 44.9 Å². The first kappa shape index (κ1) is 44.0. The number of allylic oxidation sites excluding steroid dienone is 15. The normalized spacial score (nSPS) is 29.2. The van der Waals surface area contributed by atoms with E-state index < -0.39 is 0 Å². The van der Waals surface area contributed by atoms with Crippen LogP contribution in [0.15, 0.2) is 158 Å². The van der Waals surface area contributed by atoms with E-state index in [2.05, 4.69) is 199 Å². The predicted octanol–water partition coefficient (Wildman–Crippen LogP) is 15.2. The van der Waals surface area contributed by atoms with Crippen molar-refractivity contribution < 1.29 is 0 Å². The maximum atomic E-state index is 2.79. The third kappa shape index (κ3) is 6.13.